The molecular formula is C37H28N4O8S2. The Bertz CT molecular complexity index is 2450. The molecule has 0 aliphatic heterocycles. The van der Waals surface area contributed by atoms with Gasteiger partial charge >= 0.3 is 31.6 Å². The zero-order chi connectivity index (χ0) is 36.6. The van der Waals surface area contributed by atoms with Gasteiger partial charge in [-0.25, -0.2) is 0 Å². The second kappa shape index (κ2) is 13.2. The third kappa shape index (κ3) is 6.12. The zero-order valence-electron chi connectivity index (χ0n) is 27.2. The molecule has 0 aromatic heterocycles. The highest BCUT2D eigenvalue weighted by Crippen LogP contribution is 2.42. The van der Waals surface area contributed by atoms with Crippen LogP contribution in [-0.2, 0) is 25.7 Å². The summed E-state index contributed by atoms with van der Waals surface area (Å²) >= 11 is 0. The van der Waals surface area contributed by atoms with Gasteiger partial charge in [-0.15, -0.1) is 0 Å². The highest BCUT2D eigenvalue weighted by molar-refractivity contribution is 7.87. The molecule has 0 saturated heterocycles. The fourth-order valence-corrected chi connectivity index (χ4v) is 8.72. The SMILES string of the molecule is CCC(CC)(c1ccc(OS(=O)(=O)c2cc([N+]#N)c([O-])c3ccccc23)cc1)c1ccc(OS(=O)(=O)c2cc([N+]#N)c([O-])c3ccccc23)cc1. The number of diazo groups is 2. The molecule has 0 unspecified atom stereocenters. The molecule has 0 saturated carbocycles. The summed E-state index contributed by atoms with van der Waals surface area (Å²) in [5.74, 6) is -1.21. The highest BCUT2D eigenvalue weighted by Gasteiger charge is 2.32. The quantitative estimate of drug-likeness (QED) is 0.0999. The van der Waals surface area contributed by atoms with Crippen molar-refractivity contribution in [3.05, 3.63) is 130 Å². The highest BCUT2D eigenvalue weighted by atomic mass is 32.2. The summed E-state index contributed by atoms with van der Waals surface area (Å²) in [6.45, 7) is 3.99. The Kier molecular flexibility index (Phi) is 8.99. The van der Waals surface area contributed by atoms with Gasteiger partial charge in [0, 0.05) is 16.2 Å². The third-order valence-electron chi connectivity index (χ3n) is 9.06. The molecule has 0 amide bonds. The first-order valence-corrected chi connectivity index (χ1v) is 18.5. The van der Waals surface area contributed by atoms with E-state index in [9.17, 15) is 37.8 Å². The van der Waals surface area contributed by atoms with Crippen molar-refractivity contribution in [1.29, 1.82) is 10.8 Å². The zero-order valence-corrected chi connectivity index (χ0v) is 28.8. The first-order valence-electron chi connectivity index (χ1n) is 15.6. The first-order chi connectivity index (χ1) is 24.4. The Morgan fingerprint density at radius 3 is 1.22 bits per heavy atom. The second-order valence-corrected chi connectivity index (χ2v) is 14.7. The summed E-state index contributed by atoms with van der Waals surface area (Å²) in [5, 5.41) is 44.2. The van der Waals surface area contributed by atoms with E-state index in [0.29, 0.717) is 12.8 Å². The van der Waals surface area contributed by atoms with Crippen LogP contribution in [0.4, 0.5) is 11.4 Å². The summed E-state index contributed by atoms with van der Waals surface area (Å²) in [7, 11) is -8.93. The largest absolute Gasteiger partial charge is 0.867 e. The van der Waals surface area contributed by atoms with Gasteiger partial charge in [0.1, 0.15) is 21.3 Å². The van der Waals surface area contributed by atoms with E-state index in [4.69, 9.17) is 8.37 Å². The van der Waals surface area contributed by atoms with Crippen molar-refractivity contribution < 1.29 is 35.4 Å². The lowest BCUT2D eigenvalue weighted by Gasteiger charge is -2.33. The topological polar surface area (TPSA) is 189 Å². The Morgan fingerprint density at radius 2 is 0.902 bits per heavy atom. The van der Waals surface area contributed by atoms with Gasteiger partial charge in [0.05, 0.1) is 12.1 Å². The molecule has 14 heteroatoms. The van der Waals surface area contributed by atoms with Crippen LogP contribution >= 0.6 is 0 Å². The Morgan fingerprint density at radius 1 is 0.569 bits per heavy atom. The van der Waals surface area contributed by atoms with Crippen LogP contribution in [0.15, 0.2) is 119 Å². The molecule has 0 spiro atoms. The van der Waals surface area contributed by atoms with E-state index in [1.165, 1.54) is 48.5 Å². The molecule has 51 heavy (non-hydrogen) atoms. The number of rotatable bonds is 10. The van der Waals surface area contributed by atoms with Gasteiger partial charge in [-0.1, -0.05) is 86.6 Å². The number of hydrogen-bond acceptors (Lipinski definition) is 10. The van der Waals surface area contributed by atoms with Crippen LogP contribution < -0.4 is 18.6 Å². The van der Waals surface area contributed by atoms with E-state index < -0.39 is 48.5 Å². The molecule has 0 N–H and O–H groups in total. The van der Waals surface area contributed by atoms with Crippen molar-refractivity contribution in [2.24, 2.45) is 0 Å². The van der Waals surface area contributed by atoms with Gasteiger partial charge in [-0.2, -0.15) is 16.8 Å². The molecule has 0 radical (unpaired) electrons. The summed E-state index contributed by atoms with van der Waals surface area (Å²) in [5.41, 5.74) is 0.240. The number of hydrogen-bond donors (Lipinski definition) is 0. The molecule has 0 atom stereocenters. The fraction of sp³-hybridized carbons (Fsp3) is 0.135. The summed E-state index contributed by atoms with van der Waals surface area (Å²) < 4.78 is 64.6. The van der Waals surface area contributed by atoms with E-state index in [1.807, 2.05) is 13.8 Å². The molecule has 0 aliphatic rings. The maximum absolute atomic E-state index is 13.4. The smallest absolute Gasteiger partial charge is 0.379 e. The molecule has 12 nitrogen and oxygen atoms in total. The number of fused-ring (bicyclic) bond motifs is 2. The van der Waals surface area contributed by atoms with E-state index >= 15 is 0 Å². The van der Waals surface area contributed by atoms with Gasteiger partial charge in [-0.05, 0) is 70.5 Å². The van der Waals surface area contributed by atoms with Crippen molar-refractivity contribution in [3.8, 4) is 23.0 Å². The van der Waals surface area contributed by atoms with Crippen LogP contribution in [0.3, 0.4) is 0 Å². The molecule has 256 valence electrons. The summed E-state index contributed by atoms with van der Waals surface area (Å²) in [6.07, 6.45) is 1.25. The summed E-state index contributed by atoms with van der Waals surface area (Å²) in [6, 6.07) is 27.1. The third-order valence-corrected chi connectivity index (χ3v) is 11.6. The maximum atomic E-state index is 13.4. The second-order valence-electron chi connectivity index (χ2n) is 11.6. The Hall–Kier alpha value is -6.22. The van der Waals surface area contributed by atoms with Crippen LogP contribution in [0, 0.1) is 10.8 Å². The predicted octanol–water partition coefficient (Wildman–Crippen LogP) is 7.75. The van der Waals surface area contributed by atoms with E-state index in [1.54, 1.807) is 48.5 Å². The lowest BCUT2D eigenvalue weighted by molar-refractivity contribution is -0.265. The lowest BCUT2D eigenvalue weighted by Crippen LogP contribution is -2.26. The van der Waals surface area contributed by atoms with E-state index in [0.717, 1.165) is 23.3 Å². The van der Waals surface area contributed by atoms with Crippen molar-refractivity contribution in [3.63, 3.8) is 0 Å². The fourth-order valence-electron chi connectivity index (χ4n) is 6.40. The maximum Gasteiger partial charge on any atom is 0.379 e. The van der Waals surface area contributed by atoms with Gasteiger partial charge in [0.2, 0.25) is 10.8 Å². The normalized spacial score (nSPS) is 11.9. The van der Waals surface area contributed by atoms with Gasteiger partial charge < -0.3 is 18.6 Å². The molecule has 6 rings (SSSR count). The lowest BCUT2D eigenvalue weighted by atomic mass is 9.70. The van der Waals surface area contributed by atoms with Gasteiger partial charge in [0.15, 0.2) is 9.95 Å². The van der Waals surface area contributed by atoms with Crippen LogP contribution in [0.25, 0.3) is 31.5 Å². The standard InChI is InChI=1S/C37H28N4O8S2/c1-3-37(4-2,23-13-17-25(18-14-23)48-50(44,45)33-21-31(40-38)35(42)29-11-7-5-9-27(29)33)24-15-19-26(20-16-24)49-51(46,47)34-22-32(41-39)36(43)30-12-8-6-10-28(30)34/h5-22H,3-4H2,1-2H3. The monoisotopic (exact) mass is 720 g/mol. The Labute approximate surface area is 293 Å². The van der Waals surface area contributed by atoms with Gasteiger partial charge in [-0.3, -0.25) is 0 Å². The van der Waals surface area contributed by atoms with Crippen molar-refractivity contribution in [2.45, 2.75) is 41.9 Å². The van der Waals surface area contributed by atoms with Crippen LogP contribution in [0.1, 0.15) is 37.8 Å². The average molecular weight is 721 g/mol. The minimum atomic E-state index is -4.47. The molecule has 0 aliphatic carbocycles. The summed E-state index contributed by atoms with van der Waals surface area (Å²) in [4.78, 5) is 5.26. The minimum absolute atomic E-state index is 0.0151. The molecule has 6 aromatic rings. The molecule has 6 aromatic carbocycles. The predicted molar refractivity (Wildman–Crippen MR) is 186 cm³/mol. The average Bonchev–Trinajstić information content (AvgIpc) is 3.13. The Balaban J connectivity index is 1.28. The molecular weight excluding hydrogens is 693 g/mol. The molecule has 0 fully saturated rings. The number of nitrogens with zero attached hydrogens (tertiary/aromatic N) is 4. The number of benzene rings is 6. The van der Waals surface area contributed by atoms with Crippen molar-refractivity contribution in [2.75, 3.05) is 0 Å². The van der Waals surface area contributed by atoms with Gasteiger partial charge in [0.25, 0.3) is 0 Å². The van der Waals surface area contributed by atoms with Crippen molar-refractivity contribution in [1.82, 2.24) is 0 Å². The van der Waals surface area contributed by atoms with Crippen LogP contribution in [-0.4, -0.2) is 16.8 Å². The van der Waals surface area contributed by atoms with Crippen LogP contribution in [0.2, 0.25) is 0 Å². The first kappa shape index (κ1) is 34.6. The van der Waals surface area contributed by atoms with E-state index in [-0.39, 0.29) is 42.8 Å². The van der Waals surface area contributed by atoms with Crippen molar-refractivity contribution >= 4 is 53.2 Å². The van der Waals surface area contributed by atoms with E-state index in [2.05, 4.69) is 9.95 Å². The molecule has 0 bridgehead atoms. The minimum Gasteiger partial charge on any atom is -0.867 e. The van der Waals surface area contributed by atoms with Crippen LogP contribution in [0.5, 0.6) is 23.0 Å². The molecule has 0 heterocycles.